The van der Waals surface area contributed by atoms with Gasteiger partial charge in [-0.2, -0.15) is 0 Å². The maximum Gasteiger partial charge on any atom is 0.353 e. The molecule has 0 aromatic carbocycles. The summed E-state index contributed by atoms with van der Waals surface area (Å²) in [6.45, 7) is 7.37. The number of β-lactam (4-membered cyclic amide) rings is 1. The largest absolute Gasteiger partial charge is 0.477 e. The molecule has 0 unspecified atom stereocenters. The summed E-state index contributed by atoms with van der Waals surface area (Å²) in [5.74, 6) is -2.08. The van der Waals surface area contributed by atoms with E-state index < -0.39 is 18.0 Å². The maximum absolute atomic E-state index is 12.2. The lowest BCUT2D eigenvalue weighted by Crippen LogP contribution is -2.63. The van der Waals surface area contributed by atoms with Crippen LogP contribution in [-0.2, 0) is 9.59 Å². The van der Waals surface area contributed by atoms with Crippen LogP contribution in [0.4, 0.5) is 0 Å². The minimum atomic E-state index is -1.11. The van der Waals surface area contributed by atoms with Crippen molar-refractivity contribution in [3.05, 3.63) is 21.2 Å². The molecule has 6 nitrogen and oxygen atoms in total. The van der Waals surface area contributed by atoms with Gasteiger partial charge >= 0.3 is 5.97 Å². The van der Waals surface area contributed by atoms with Gasteiger partial charge in [-0.05, 0) is 20.8 Å². The van der Waals surface area contributed by atoms with E-state index in [1.165, 1.54) is 28.0 Å². The fourth-order valence-electron chi connectivity index (χ4n) is 3.24. The molecule has 8 heteroatoms. The van der Waals surface area contributed by atoms with Crippen molar-refractivity contribution in [1.82, 2.24) is 9.88 Å². The van der Waals surface area contributed by atoms with Crippen molar-refractivity contribution in [1.29, 1.82) is 0 Å². The van der Waals surface area contributed by atoms with E-state index in [2.05, 4.69) is 4.98 Å². The molecule has 4 atom stereocenters. The van der Waals surface area contributed by atoms with Crippen LogP contribution in [0.1, 0.15) is 24.4 Å². The van der Waals surface area contributed by atoms with Gasteiger partial charge in [0, 0.05) is 15.7 Å². The Morgan fingerprint density at radius 3 is 2.57 bits per heavy atom. The first-order chi connectivity index (χ1) is 10.7. The maximum atomic E-state index is 12.2. The summed E-state index contributed by atoms with van der Waals surface area (Å²) < 4.78 is 0.782. The molecule has 0 aliphatic carbocycles. The lowest BCUT2D eigenvalue weighted by molar-refractivity contribution is -0.163. The molecule has 1 aromatic heterocycles. The van der Waals surface area contributed by atoms with E-state index in [1.807, 2.05) is 20.8 Å². The number of thioether (sulfide) groups is 1. The molecule has 124 valence electrons. The fourth-order valence-corrected chi connectivity index (χ4v) is 5.67. The molecule has 2 aliphatic heterocycles. The van der Waals surface area contributed by atoms with Crippen molar-refractivity contribution in [2.24, 2.45) is 11.8 Å². The molecule has 0 radical (unpaired) electrons. The second kappa shape index (κ2) is 5.61. The summed E-state index contributed by atoms with van der Waals surface area (Å²) in [5, 5.41) is 19.4. The van der Waals surface area contributed by atoms with Gasteiger partial charge in [-0.15, -0.1) is 11.3 Å². The van der Waals surface area contributed by atoms with Gasteiger partial charge in [0.05, 0.1) is 23.8 Å². The molecule has 2 aliphatic rings. The van der Waals surface area contributed by atoms with Gasteiger partial charge in [0.2, 0.25) is 5.91 Å². The molecule has 1 amide bonds. The number of nitrogens with zero attached hydrogens (tertiary/aromatic N) is 2. The Labute approximate surface area is 142 Å². The number of aliphatic carboxylic acids is 1. The highest BCUT2D eigenvalue weighted by atomic mass is 32.2. The smallest absolute Gasteiger partial charge is 0.353 e. The number of rotatable bonds is 4. The molecule has 0 saturated carbocycles. The quantitative estimate of drug-likeness (QED) is 0.804. The number of aliphatic hydroxyl groups is 1. The highest BCUT2D eigenvalue weighted by Crippen LogP contribution is 2.52. The Kier molecular flexibility index (Phi) is 4.02. The topological polar surface area (TPSA) is 90.7 Å². The minimum absolute atomic E-state index is 0.0416. The zero-order valence-electron chi connectivity index (χ0n) is 13.2. The molecule has 0 spiro atoms. The average Bonchev–Trinajstić information content (AvgIpc) is 2.87. The van der Waals surface area contributed by atoms with Crippen LogP contribution in [0.15, 0.2) is 14.9 Å². The van der Waals surface area contributed by atoms with Crippen molar-refractivity contribution < 1.29 is 19.8 Å². The lowest BCUT2D eigenvalue weighted by atomic mass is 9.79. The van der Waals surface area contributed by atoms with E-state index in [9.17, 15) is 19.8 Å². The summed E-state index contributed by atoms with van der Waals surface area (Å²) in [6.07, 6.45) is -0.782. The summed E-state index contributed by atoms with van der Waals surface area (Å²) in [5.41, 5.74) is 0.974. The van der Waals surface area contributed by atoms with Crippen molar-refractivity contribution in [3.8, 4) is 0 Å². The van der Waals surface area contributed by atoms with E-state index in [0.717, 1.165) is 14.9 Å². The highest BCUT2D eigenvalue weighted by Gasteiger charge is 2.60. The normalized spacial score (nSPS) is 28.0. The van der Waals surface area contributed by atoms with Crippen molar-refractivity contribution in [3.63, 3.8) is 0 Å². The van der Waals surface area contributed by atoms with Crippen LogP contribution < -0.4 is 0 Å². The van der Waals surface area contributed by atoms with Crippen LogP contribution in [0.3, 0.4) is 0 Å². The van der Waals surface area contributed by atoms with Gasteiger partial charge in [0.25, 0.3) is 0 Å². The summed E-state index contributed by atoms with van der Waals surface area (Å²) >= 11 is 2.84. The summed E-state index contributed by atoms with van der Waals surface area (Å²) in [4.78, 5) is 31.5. The Hall–Kier alpha value is -1.38. The number of carboxylic acids is 1. The second-order valence-electron chi connectivity index (χ2n) is 6.00. The van der Waals surface area contributed by atoms with Crippen LogP contribution in [-0.4, -0.2) is 44.1 Å². The Morgan fingerprint density at radius 2 is 2.09 bits per heavy atom. The number of aromatic nitrogens is 1. The fraction of sp³-hybridized carbons (Fsp3) is 0.533. The van der Waals surface area contributed by atoms with Crippen LogP contribution >= 0.6 is 23.1 Å². The summed E-state index contributed by atoms with van der Waals surface area (Å²) in [7, 11) is 0. The predicted octanol–water partition coefficient (Wildman–Crippen LogP) is 2.01. The molecule has 1 saturated heterocycles. The molecule has 1 aromatic rings. The van der Waals surface area contributed by atoms with Gasteiger partial charge in [-0.25, -0.2) is 9.78 Å². The highest BCUT2D eigenvalue weighted by molar-refractivity contribution is 8.04. The zero-order valence-corrected chi connectivity index (χ0v) is 14.9. The Morgan fingerprint density at radius 1 is 1.43 bits per heavy atom. The molecule has 1 fully saturated rings. The van der Waals surface area contributed by atoms with Crippen LogP contribution in [0.5, 0.6) is 0 Å². The number of thiazole rings is 1. The van der Waals surface area contributed by atoms with Gasteiger partial charge in [-0.1, -0.05) is 18.7 Å². The summed E-state index contributed by atoms with van der Waals surface area (Å²) in [6, 6.07) is -0.279. The molecule has 23 heavy (non-hydrogen) atoms. The number of aliphatic hydroxyl groups excluding tert-OH is 1. The minimum Gasteiger partial charge on any atom is -0.477 e. The number of carbonyl (C=O) groups excluding carboxylic acids is 1. The average molecular weight is 354 g/mol. The zero-order chi connectivity index (χ0) is 17.0. The molecule has 3 heterocycles. The van der Waals surface area contributed by atoms with Crippen LogP contribution in [0.25, 0.3) is 0 Å². The van der Waals surface area contributed by atoms with Crippen molar-refractivity contribution in [2.45, 2.75) is 44.2 Å². The Bertz CT molecular complexity index is 706. The third kappa shape index (κ3) is 2.40. The predicted molar refractivity (Wildman–Crippen MR) is 87.1 cm³/mol. The standard InChI is InChI=1S/C15H18N2O4S2/c1-5-10-9(7(3)18)13(19)17(10)11(14(20)21)12(5)23-15-16-6(2)8(4)22-15/h5,7,9-10,18H,1-4H3,(H,20,21)/t5-,7-,9-,10-/m1/s1. The van der Waals surface area contributed by atoms with E-state index in [0.29, 0.717) is 4.91 Å². The number of hydrogen-bond donors (Lipinski definition) is 2. The first-order valence-corrected chi connectivity index (χ1v) is 8.97. The van der Waals surface area contributed by atoms with Gasteiger partial charge < -0.3 is 15.1 Å². The lowest BCUT2D eigenvalue weighted by Gasteiger charge is -2.46. The van der Waals surface area contributed by atoms with Gasteiger partial charge in [0.15, 0.2) is 4.34 Å². The van der Waals surface area contributed by atoms with Gasteiger partial charge in [0.1, 0.15) is 5.70 Å². The SMILES string of the molecule is Cc1nc(SC2=C(C(=O)O)N3C(=O)[C@H]([C@@H](C)O)[C@H]3[C@H]2C)sc1C. The molecular weight excluding hydrogens is 336 g/mol. The number of amides is 1. The molecular formula is C15H18N2O4S2. The molecule has 2 N–H and O–H groups in total. The third-order valence-corrected chi connectivity index (χ3v) is 6.94. The number of carbonyl (C=O) groups is 2. The number of fused-ring (bicyclic) bond motifs is 1. The number of hydrogen-bond acceptors (Lipinski definition) is 6. The van der Waals surface area contributed by atoms with Gasteiger partial charge in [-0.3, -0.25) is 4.79 Å². The Balaban J connectivity index is 1.97. The first kappa shape index (κ1) is 16.5. The van der Waals surface area contributed by atoms with E-state index in [1.54, 1.807) is 6.92 Å². The van der Waals surface area contributed by atoms with E-state index in [4.69, 9.17) is 0 Å². The third-order valence-electron chi connectivity index (χ3n) is 4.52. The van der Waals surface area contributed by atoms with Crippen LogP contribution in [0, 0.1) is 25.7 Å². The first-order valence-electron chi connectivity index (χ1n) is 7.34. The number of aryl methyl sites for hydroxylation is 2. The molecule has 3 rings (SSSR count). The van der Waals surface area contributed by atoms with Crippen molar-refractivity contribution >= 4 is 35.0 Å². The van der Waals surface area contributed by atoms with E-state index >= 15 is 0 Å². The second-order valence-corrected chi connectivity index (χ2v) is 8.49. The van der Waals surface area contributed by atoms with E-state index in [-0.39, 0.29) is 23.6 Å². The number of carboxylic acid groups (broad SMARTS) is 1. The van der Waals surface area contributed by atoms with Crippen molar-refractivity contribution in [2.75, 3.05) is 0 Å². The monoisotopic (exact) mass is 354 g/mol. The molecule has 0 bridgehead atoms. The van der Waals surface area contributed by atoms with Crippen LogP contribution in [0.2, 0.25) is 0 Å².